The monoisotopic (exact) mass is 480 g/mol. The normalized spacial score (nSPS) is 25.7. The molecule has 0 saturated carbocycles. The number of aliphatic hydroxyl groups excluding tert-OH is 1. The van der Waals surface area contributed by atoms with Crippen molar-refractivity contribution in [1.29, 1.82) is 0 Å². The zero-order valence-corrected chi connectivity index (χ0v) is 19.7. The molecule has 3 N–H and O–H groups in total. The summed E-state index contributed by atoms with van der Waals surface area (Å²) < 4.78 is 17.6. The minimum absolute atomic E-state index is 0.0110. The van der Waals surface area contributed by atoms with Gasteiger partial charge in [-0.3, -0.25) is 9.59 Å². The van der Waals surface area contributed by atoms with Crippen LogP contribution in [-0.4, -0.2) is 55.1 Å². The first kappa shape index (κ1) is 23.8. The van der Waals surface area contributed by atoms with Crippen LogP contribution in [-0.2, 0) is 25.6 Å². The van der Waals surface area contributed by atoms with Gasteiger partial charge in [0.1, 0.15) is 18.0 Å². The van der Waals surface area contributed by atoms with Crippen LogP contribution in [0, 0.1) is 5.92 Å². The van der Waals surface area contributed by atoms with Crippen LogP contribution in [0.2, 0.25) is 0 Å². The van der Waals surface area contributed by atoms with E-state index in [0.717, 1.165) is 35.4 Å². The van der Waals surface area contributed by atoms with E-state index in [4.69, 9.17) is 14.2 Å². The highest BCUT2D eigenvalue weighted by Crippen LogP contribution is 2.47. The van der Waals surface area contributed by atoms with Crippen LogP contribution in [0.25, 0.3) is 0 Å². The molecule has 3 aliphatic rings. The second kappa shape index (κ2) is 10.8. The topological polar surface area (TPSA) is 106 Å². The van der Waals surface area contributed by atoms with E-state index in [-0.39, 0.29) is 48.9 Å². The van der Waals surface area contributed by atoms with Crippen LogP contribution in [0.4, 0.5) is 5.69 Å². The van der Waals surface area contributed by atoms with Gasteiger partial charge in [0, 0.05) is 42.8 Å². The van der Waals surface area contributed by atoms with Crippen molar-refractivity contribution in [3.8, 4) is 5.75 Å². The SMILES string of the molecule is O=C(C[C@H]1C[C@@H]2c3cc(NC(=O)C4CCOCC4)ccc3O[C@@H]2[C@@H](CO)O1)NCc1ccccc1. The first-order valence-corrected chi connectivity index (χ1v) is 12.4. The van der Waals surface area contributed by atoms with E-state index in [0.29, 0.717) is 26.2 Å². The fraction of sp³-hybridized carbons (Fsp3) is 0.481. The molecule has 2 fully saturated rings. The van der Waals surface area contributed by atoms with E-state index in [9.17, 15) is 14.7 Å². The number of anilines is 1. The molecule has 2 aromatic carbocycles. The summed E-state index contributed by atoms with van der Waals surface area (Å²) >= 11 is 0. The Labute approximate surface area is 205 Å². The standard InChI is InChI=1S/C27H32N2O6/c30-16-24-26-22(13-20(34-24)14-25(31)28-15-17-4-2-1-3-5-17)21-12-19(6-7-23(21)35-26)29-27(32)18-8-10-33-11-9-18/h1-7,12,18,20,22,24,26,30H,8-11,13-16H2,(H,28,31)(H,29,32)/t20-,22-,24-,26+/m1/s1. The van der Waals surface area contributed by atoms with Crippen molar-refractivity contribution in [2.75, 3.05) is 25.1 Å². The molecule has 2 saturated heterocycles. The molecule has 0 aliphatic carbocycles. The smallest absolute Gasteiger partial charge is 0.227 e. The minimum Gasteiger partial charge on any atom is -0.487 e. The van der Waals surface area contributed by atoms with Crippen LogP contribution < -0.4 is 15.4 Å². The maximum atomic E-state index is 12.7. The third-order valence-electron chi connectivity index (χ3n) is 7.10. The number of hydrogen-bond donors (Lipinski definition) is 3. The summed E-state index contributed by atoms with van der Waals surface area (Å²) in [4.78, 5) is 25.3. The van der Waals surface area contributed by atoms with Gasteiger partial charge in [-0.15, -0.1) is 0 Å². The lowest BCUT2D eigenvalue weighted by molar-refractivity contribution is -0.142. The molecule has 0 aromatic heterocycles. The Morgan fingerprint density at radius 2 is 1.86 bits per heavy atom. The first-order chi connectivity index (χ1) is 17.1. The van der Waals surface area contributed by atoms with Crippen LogP contribution in [0.1, 0.15) is 42.7 Å². The molecule has 0 spiro atoms. The van der Waals surface area contributed by atoms with Crippen LogP contribution >= 0.6 is 0 Å². The number of benzene rings is 2. The second-order valence-corrected chi connectivity index (χ2v) is 9.50. The fourth-order valence-corrected chi connectivity index (χ4v) is 5.25. The largest absolute Gasteiger partial charge is 0.487 e. The lowest BCUT2D eigenvalue weighted by Crippen LogP contribution is -2.47. The van der Waals surface area contributed by atoms with Gasteiger partial charge in [0.15, 0.2) is 0 Å². The van der Waals surface area contributed by atoms with Gasteiger partial charge in [-0.2, -0.15) is 0 Å². The predicted octanol–water partition coefficient (Wildman–Crippen LogP) is 2.75. The Bertz CT molecular complexity index is 1040. The number of ether oxygens (including phenoxy) is 3. The van der Waals surface area contributed by atoms with Gasteiger partial charge in [0.05, 0.1) is 19.1 Å². The molecule has 3 heterocycles. The minimum atomic E-state index is -0.520. The number of carbonyl (C=O) groups excluding carboxylic acids is 2. The van der Waals surface area contributed by atoms with Crippen LogP contribution in [0.3, 0.4) is 0 Å². The molecular formula is C27H32N2O6. The molecule has 8 nitrogen and oxygen atoms in total. The number of hydrogen-bond acceptors (Lipinski definition) is 6. The summed E-state index contributed by atoms with van der Waals surface area (Å²) in [5.74, 6) is 0.590. The summed E-state index contributed by atoms with van der Waals surface area (Å²) in [5.41, 5.74) is 2.75. The summed E-state index contributed by atoms with van der Waals surface area (Å²) in [6.07, 6.45) is 1.10. The van der Waals surface area contributed by atoms with Gasteiger partial charge in [-0.1, -0.05) is 30.3 Å². The molecule has 3 aliphatic heterocycles. The van der Waals surface area contributed by atoms with Gasteiger partial charge < -0.3 is 30.0 Å². The van der Waals surface area contributed by atoms with E-state index in [1.54, 1.807) is 0 Å². The van der Waals surface area contributed by atoms with Crippen molar-refractivity contribution in [1.82, 2.24) is 5.32 Å². The average Bonchev–Trinajstić information content (AvgIpc) is 3.26. The van der Waals surface area contributed by atoms with E-state index in [1.807, 2.05) is 48.5 Å². The molecule has 0 radical (unpaired) electrons. The average molecular weight is 481 g/mol. The van der Waals surface area contributed by atoms with Crippen LogP contribution in [0.5, 0.6) is 5.75 Å². The molecule has 5 rings (SSSR count). The van der Waals surface area contributed by atoms with Crippen molar-refractivity contribution in [3.05, 3.63) is 59.7 Å². The van der Waals surface area contributed by atoms with Crippen molar-refractivity contribution in [3.63, 3.8) is 0 Å². The third-order valence-corrected chi connectivity index (χ3v) is 7.10. The Kier molecular flexibility index (Phi) is 7.32. The Balaban J connectivity index is 1.24. The fourth-order valence-electron chi connectivity index (χ4n) is 5.25. The third kappa shape index (κ3) is 5.50. The van der Waals surface area contributed by atoms with Crippen molar-refractivity contribution in [2.24, 2.45) is 5.92 Å². The number of rotatable bonds is 7. The summed E-state index contributed by atoms with van der Waals surface area (Å²) in [5, 5.41) is 16.0. The van der Waals surface area contributed by atoms with E-state index >= 15 is 0 Å². The molecule has 0 unspecified atom stereocenters. The van der Waals surface area contributed by atoms with Gasteiger partial charge in [0.25, 0.3) is 0 Å². The Hall–Kier alpha value is -2.94. The molecule has 0 bridgehead atoms. The molecule has 4 atom stereocenters. The van der Waals surface area contributed by atoms with Crippen molar-refractivity contribution < 1.29 is 28.9 Å². The lowest BCUT2D eigenvalue weighted by Gasteiger charge is -2.37. The van der Waals surface area contributed by atoms with E-state index < -0.39 is 6.10 Å². The highest BCUT2D eigenvalue weighted by molar-refractivity contribution is 5.92. The van der Waals surface area contributed by atoms with E-state index in [1.165, 1.54) is 0 Å². The van der Waals surface area contributed by atoms with Crippen molar-refractivity contribution in [2.45, 2.75) is 56.5 Å². The number of fused-ring (bicyclic) bond motifs is 3. The molecular weight excluding hydrogens is 448 g/mol. The van der Waals surface area contributed by atoms with Gasteiger partial charge >= 0.3 is 0 Å². The molecule has 8 heteroatoms. The summed E-state index contributed by atoms with van der Waals surface area (Å²) in [6.45, 7) is 1.50. The van der Waals surface area contributed by atoms with Gasteiger partial charge in [0.2, 0.25) is 11.8 Å². The highest BCUT2D eigenvalue weighted by atomic mass is 16.6. The predicted molar refractivity (Wildman–Crippen MR) is 129 cm³/mol. The van der Waals surface area contributed by atoms with Crippen molar-refractivity contribution >= 4 is 17.5 Å². The van der Waals surface area contributed by atoms with Gasteiger partial charge in [-0.05, 0) is 43.0 Å². The summed E-state index contributed by atoms with van der Waals surface area (Å²) in [7, 11) is 0. The molecule has 186 valence electrons. The Morgan fingerprint density at radius 1 is 1.06 bits per heavy atom. The Morgan fingerprint density at radius 3 is 2.63 bits per heavy atom. The second-order valence-electron chi connectivity index (χ2n) is 9.50. The molecule has 35 heavy (non-hydrogen) atoms. The quantitative estimate of drug-likeness (QED) is 0.563. The number of carbonyl (C=O) groups is 2. The first-order valence-electron chi connectivity index (χ1n) is 12.4. The maximum Gasteiger partial charge on any atom is 0.227 e. The zero-order chi connectivity index (χ0) is 24.2. The zero-order valence-electron chi connectivity index (χ0n) is 19.7. The number of amides is 2. The number of nitrogens with one attached hydrogen (secondary N) is 2. The maximum absolute atomic E-state index is 12.7. The van der Waals surface area contributed by atoms with Crippen LogP contribution in [0.15, 0.2) is 48.5 Å². The highest BCUT2D eigenvalue weighted by Gasteiger charge is 2.46. The van der Waals surface area contributed by atoms with E-state index in [2.05, 4.69) is 10.6 Å². The lowest BCUT2D eigenvalue weighted by atomic mass is 9.84. The molecule has 2 amide bonds. The number of aliphatic hydroxyl groups is 1. The summed E-state index contributed by atoms with van der Waals surface area (Å²) in [6, 6.07) is 15.4. The molecule has 2 aromatic rings. The van der Waals surface area contributed by atoms with Gasteiger partial charge in [-0.25, -0.2) is 0 Å².